The van der Waals surface area contributed by atoms with E-state index in [0.717, 1.165) is 0 Å². The number of ether oxygens (including phenoxy) is 5. The number of fused-ring (bicyclic) bond motifs is 3. The van der Waals surface area contributed by atoms with Crippen LogP contribution in [-0.2, 0) is 28.5 Å². The van der Waals surface area contributed by atoms with E-state index in [-0.39, 0.29) is 0 Å². The van der Waals surface area contributed by atoms with Crippen LogP contribution in [0, 0.1) is 5.92 Å². The molecule has 5 N–H and O–H groups in total. The topological polar surface area (TPSA) is 168 Å². The summed E-state index contributed by atoms with van der Waals surface area (Å²) in [6, 6.07) is 0. The highest BCUT2D eigenvalue weighted by atomic mass is 16.8. The molecule has 1 saturated carbocycles. The molecule has 0 spiro atoms. The average molecular weight is 404 g/mol. The molecule has 11 heteroatoms. The van der Waals surface area contributed by atoms with Crippen molar-refractivity contribution in [1.29, 1.82) is 0 Å². The van der Waals surface area contributed by atoms with Gasteiger partial charge >= 0.3 is 5.97 Å². The van der Waals surface area contributed by atoms with E-state index < -0.39 is 78.9 Å². The third-order valence-electron chi connectivity index (χ3n) is 5.96. The van der Waals surface area contributed by atoms with Gasteiger partial charge in [0, 0.05) is 6.92 Å². The van der Waals surface area contributed by atoms with Crippen molar-refractivity contribution in [2.45, 2.75) is 74.3 Å². The molecule has 28 heavy (non-hydrogen) atoms. The summed E-state index contributed by atoms with van der Waals surface area (Å²) in [6.07, 6.45) is -7.57. The first kappa shape index (κ1) is 20.0. The maximum absolute atomic E-state index is 11.5. The van der Waals surface area contributed by atoms with E-state index in [2.05, 4.69) is 0 Å². The Morgan fingerprint density at radius 1 is 1.18 bits per heavy atom. The average Bonchev–Trinajstić information content (AvgIpc) is 3.26. The Bertz CT molecular complexity index is 667. The molecule has 4 aliphatic rings. The van der Waals surface area contributed by atoms with Crippen LogP contribution in [0.5, 0.6) is 0 Å². The van der Waals surface area contributed by atoms with Crippen molar-refractivity contribution in [3.05, 3.63) is 12.3 Å². The first-order chi connectivity index (χ1) is 13.1. The van der Waals surface area contributed by atoms with Crippen LogP contribution in [0.3, 0.4) is 0 Å². The third-order valence-corrected chi connectivity index (χ3v) is 5.96. The lowest BCUT2D eigenvalue weighted by molar-refractivity contribution is -0.350. The predicted octanol–water partition coefficient (Wildman–Crippen LogP) is -2.88. The summed E-state index contributed by atoms with van der Waals surface area (Å²) in [6.45, 7) is 2.32. The van der Waals surface area contributed by atoms with Crippen molar-refractivity contribution in [3.63, 3.8) is 0 Å². The maximum Gasteiger partial charge on any atom is 0.303 e. The molecule has 3 heterocycles. The fraction of sp³-hybridized carbons (Fsp3) is 0.824. The summed E-state index contributed by atoms with van der Waals surface area (Å²) in [4.78, 5) is 11.5. The van der Waals surface area contributed by atoms with Crippen LogP contribution in [0.15, 0.2) is 12.3 Å². The number of carbonyl (C=O) groups is 1. The smallest absolute Gasteiger partial charge is 0.303 e. The molecule has 11 atom stereocenters. The molecular formula is C17H24O11. The van der Waals surface area contributed by atoms with Gasteiger partial charge in [-0.05, 0) is 13.0 Å². The largest absolute Gasteiger partial charge is 0.472 e. The van der Waals surface area contributed by atoms with Crippen molar-refractivity contribution < 1.29 is 54.0 Å². The SMILES string of the molecule is CC(=O)OC1C2OC2(C)C2C(OC3OC(CO)C(O)C(O)C3O)OC=CC12O. The molecule has 11 nitrogen and oxygen atoms in total. The lowest BCUT2D eigenvalue weighted by atomic mass is 9.82. The van der Waals surface area contributed by atoms with E-state index in [9.17, 15) is 30.3 Å². The minimum atomic E-state index is -1.64. The molecule has 11 unspecified atom stereocenters. The number of aliphatic hydroxyl groups is 5. The van der Waals surface area contributed by atoms with Gasteiger partial charge in [-0.25, -0.2) is 0 Å². The minimum absolute atomic E-state index is 0.571. The number of epoxide rings is 1. The van der Waals surface area contributed by atoms with Crippen molar-refractivity contribution in [2.24, 2.45) is 5.92 Å². The highest BCUT2D eigenvalue weighted by Crippen LogP contribution is 2.62. The van der Waals surface area contributed by atoms with Crippen LogP contribution in [0.4, 0.5) is 0 Å². The van der Waals surface area contributed by atoms with Gasteiger partial charge in [0.2, 0.25) is 6.29 Å². The second-order valence-corrected chi connectivity index (χ2v) is 7.76. The molecule has 0 aromatic heterocycles. The molecule has 0 aromatic rings. The second-order valence-electron chi connectivity index (χ2n) is 7.76. The molecule has 2 saturated heterocycles. The fourth-order valence-electron chi connectivity index (χ4n) is 4.48. The number of esters is 1. The lowest BCUT2D eigenvalue weighted by Crippen LogP contribution is -2.62. The van der Waals surface area contributed by atoms with Gasteiger partial charge in [0.25, 0.3) is 0 Å². The van der Waals surface area contributed by atoms with Gasteiger partial charge in [0.1, 0.15) is 41.7 Å². The Kier molecular flexibility index (Phi) is 4.71. The van der Waals surface area contributed by atoms with Gasteiger partial charge in [-0.2, -0.15) is 0 Å². The van der Waals surface area contributed by atoms with Crippen molar-refractivity contribution >= 4 is 5.97 Å². The van der Waals surface area contributed by atoms with E-state index in [0.29, 0.717) is 0 Å². The number of hydrogen-bond donors (Lipinski definition) is 5. The van der Waals surface area contributed by atoms with Gasteiger partial charge in [-0.1, -0.05) is 0 Å². The highest BCUT2D eigenvalue weighted by Gasteiger charge is 2.80. The lowest BCUT2D eigenvalue weighted by Gasteiger charge is -2.45. The third kappa shape index (κ3) is 2.77. The zero-order valence-electron chi connectivity index (χ0n) is 15.2. The molecular weight excluding hydrogens is 380 g/mol. The Hall–Kier alpha value is -1.31. The molecule has 4 rings (SSSR count). The van der Waals surface area contributed by atoms with Crippen LogP contribution in [0.1, 0.15) is 13.8 Å². The molecule has 158 valence electrons. The van der Waals surface area contributed by atoms with Crippen molar-refractivity contribution in [2.75, 3.05) is 6.61 Å². The van der Waals surface area contributed by atoms with Crippen LogP contribution < -0.4 is 0 Å². The summed E-state index contributed by atoms with van der Waals surface area (Å²) in [5.74, 6) is -1.42. The highest BCUT2D eigenvalue weighted by molar-refractivity contribution is 5.66. The molecule has 0 radical (unpaired) electrons. The number of carbonyl (C=O) groups excluding carboxylic acids is 1. The summed E-state index contributed by atoms with van der Waals surface area (Å²) in [7, 11) is 0. The van der Waals surface area contributed by atoms with Gasteiger partial charge in [0.05, 0.1) is 18.8 Å². The summed E-state index contributed by atoms with van der Waals surface area (Å²) >= 11 is 0. The van der Waals surface area contributed by atoms with Crippen LogP contribution >= 0.6 is 0 Å². The quantitative estimate of drug-likeness (QED) is 0.241. The van der Waals surface area contributed by atoms with Crippen LogP contribution in [0.25, 0.3) is 0 Å². The van der Waals surface area contributed by atoms with Crippen molar-refractivity contribution in [3.8, 4) is 0 Å². The Morgan fingerprint density at radius 2 is 1.89 bits per heavy atom. The molecule has 3 fully saturated rings. The molecule has 0 bridgehead atoms. The fourth-order valence-corrected chi connectivity index (χ4v) is 4.48. The zero-order valence-corrected chi connectivity index (χ0v) is 15.2. The second kappa shape index (κ2) is 6.61. The molecule has 3 aliphatic heterocycles. The van der Waals surface area contributed by atoms with E-state index in [1.54, 1.807) is 6.92 Å². The van der Waals surface area contributed by atoms with Crippen LogP contribution in [-0.4, -0.2) is 98.5 Å². The summed E-state index contributed by atoms with van der Waals surface area (Å²) < 4.78 is 27.4. The zero-order chi connectivity index (χ0) is 20.4. The molecule has 0 aromatic carbocycles. The van der Waals surface area contributed by atoms with Gasteiger partial charge in [-0.15, -0.1) is 0 Å². The Morgan fingerprint density at radius 3 is 2.54 bits per heavy atom. The Balaban J connectivity index is 1.57. The van der Waals surface area contributed by atoms with E-state index in [4.69, 9.17) is 23.7 Å². The molecule has 1 aliphatic carbocycles. The molecule has 0 amide bonds. The first-order valence-corrected chi connectivity index (χ1v) is 9.00. The number of hydrogen-bond acceptors (Lipinski definition) is 11. The van der Waals surface area contributed by atoms with Crippen molar-refractivity contribution in [1.82, 2.24) is 0 Å². The summed E-state index contributed by atoms with van der Waals surface area (Å²) in [5.41, 5.74) is -2.56. The number of rotatable bonds is 4. The van der Waals surface area contributed by atoms with Gasteiger partial charge in [-0.3, -0.25) is 4.79 Å². The normalized spacial score (nSPS) is 54.5. The van der Waals surface area contributed by atoms with Crippen LogP contribution in [0.2, 0.25) is 0 Å². The summed E-state index contributed by atoms with van der Waals surface area (Å²) in [5, 5.41) is 50.5. The van der Waals surface area contributed by atoms with Gasteiger partial charge < -0.3 is 49.2 Å². The predicted molar refractivity (Wildman–Crippen MR) is 86.1 cm³/mol. The van der Waals surface area contributed by atoms with E-state index >= 15 is 0 Å². The minimum Gasteiger partial charge on any atom is -0.472 e. The monoisotopic (exact) mass is 404 g/mol. The maximum atomic E-state index is 11.5. The van der Waals surface area contributed by atoms with Gasteiger partial charge in [0.15, 0.2) is 12.4 Å². The number of aliphatic hydroxyl groups excluding tert-OH is 4. The van der Waals surface area contributed by atoms with E-state index in [1.165, 1.54) is 19.3 Å². The van der Waals surface area contributed by atoms with E-state index in [1.807, 2.05) is 0 Å². The Labute approximate surface area is 160 Å². The first-order valence-electron chi connectivity index (χ1n) is 9.00. The standard InChI is InChI=1S/C17H24O11/c1-6(19)25-13-12-16(2,28-12)11-15(24-4-3-17(11,13)23)27-14-10(22)9(21)8(20)7(5-18)26-14/h3-4,7-15,18,20-23H,5H2,1-2H3.